The Labute approximate surface area is 85.7 Å². The minimum absolute atomic E-state index is 0.0300. The Morgan fingerprint density at radius 3 is 2.93 bits per heavy atom. The third-order valence-corrected chi connectivity index (χ3v) is 1.75. The number of rotatable bonds is 2. The molecule has 78 valence electrons. The Kier molecular flexibility index (Phi) is 3.34. The van der Waals surface area contributed by atoms with E-state index in [0.29, 0.717) is 0 Å². The Bertz CT molecular complexity index is 426. The number of halogens is 2. The third-order valence-electron chi connectivity index (χ3n) is 1.75. The summed E-state index contributed by atoms with van der Waals surface area (Å²) in [5.41, 5.74) is -0.375. The number of hydrogen-bond donors (Lipinski definition) is 0. The molecule has 0 radical (unpaired) electrons. The van der Waals surface area contributed by atoms with Crippen LogP contribution in [0.4, 0.5) is 8.78 Å². The summed E-state index contributed by atoms with van der Waals surface area (Å²) < 4.78 is 25.8. The summed E-state index contributed by atoms with van der Waals surface area (Å²) in [6, 6.07) is 1.10. The van der Waals surface area contributed by atoms with E-state index in [1.54, 1.807) is 0 Å². The van der Waals surface area contributed by atoms with Crippen molar-refractivity contribution in [2.75, 3.05) is 13.6 Å². The van der Waals surface area contributed by atoms with Crippen molar-refractivity contribution in [2.24, 2.45) is 0 Å². The summed E-state index contributed by atoms with van der Waals surface area (Å²) in [6.07, 6.45) is 6.01. The second-order valence-corrected chi connectivity index (χ2v) is 2.83. The Balaban J connectivity index is 3.02. The summed E-state index contributed by atoms with van der Waals surface area (Å²) in [5, 5.41) is 0. The van der Waals surface area contributed by atoms with Gasteiger partial charge in [-0.05, 0) is 6.07 Å². The molecule has 1 heterocycles. The molecule has 1 amide bonds. The summed E-state index contributed by atoms with van der Waals surface area (Å²) in [7, 11) is 1.40. The summed E-state index contributed by atoms with van der Waals surface area (Å²) >= 11 is 0. The molecular formula is C10H8F2N2O. The smallest absolute Gasteiger partial charge is 0.257 e. The quantitative estimate of drug-likeness (QED) is 0.540. The zero-order valence-corrected chi connectivity index (χ0v) is 8.00. The molecule has 3 nitrogen and oxygen atoms in total. The van der Waals surface area contributed by atoms with Crippen LogP contribution in [0.1, 0.15) is 10.4 Å². The molecule has 0 bridgehead atoms. The largest absolute Gasteiger partial charge is 0.330 e. The zero-order valence-electron chi connectivity index (χ0n) is 8.00. The van der Waals surface area contributed by atoms with Gasteiger partial charge in [0.05, 0.1) is 12.1 Å². The Morgan fingerprint density at radius 2 is 2.33 bits per heavy atom. The number of hydrogen-bond acceptors (Lipinski definition) is 2. The summed E-state index contributed by atoms with van der Waals surface area (Å²) in [5.74, 6) is -1.00. The van der Waals surface area contributed by atoms with E-state index in [4.69, 9.17) is 6.42 Å². The number of terminal acetylenes is 1. The molecule has 1 aromatic heterocycles. The molecule has 0 atom stereocenters. The average Bonchev–Trinajstić information content (AvgIpc) is 2.21. The normalized spacial score (nSPS) is 9.47. The number of aromatic nitrogens is 1. The predicted molar refractivity (Wildman–Crippen MR) is 49.9 cm³/mol. The lowest BCUT2D eigenvalue weighted by Crippen LogP contribution is -2.28. The first kappa shape index (κ1) is 11.1. The fraction of sp³-hybridized carbons (Fsp3) is 0.200. The lowest BCUT2D eigenvalue weighted by molar-refractivity contribution is 0.0806. The van der Waals surface area contributed by atoms with Gasteiger partial charge in [0.2, 0.25) is 5.95 Å². The summed E-state index contributed by atoms with van der Waals surface area (Å²) in [4.78, 5) is 15.7. The van der Waals surface area contributed by atoms with E-state index in [-0.39, 0.29) is 12.1 Å². The van der Waals surface area contributed by atoms with Crippen LogP contribution < -0.4 is 0 Å². The van der Waals surface area contributed by atoms with Gasteiger partial charge < -0.3 is 4.90 Å². The molecule has 5 heteroatoms. The highest BCUT2D eigenvalue weighted by molar-refractivity contribution is 5.94. The van der Waals surface area contributed by atoms with Crippen molar-refractivity contribution in [1.29, 1.82) is 0 Å². The second kappa shape index (κ2) is 4.51. The predicted octanol–water partition coefficient (Wildman–Crippen LogP) is 1.07. The van der Waals surface area contributed by atoms with Gasteiger partial charge in [-0.25, -0.2) is 9.37 Å². The van der Waals surface area contributed by atoms with Gasteiger partial charge in [-0.15, -0.1) is 6.42 Å². The van der Waals surface area contributed by atoms with Gasteiger partial charge >= 0.3 is 0 Å². The van der Waals surface area contributed by atoms with Crippen molar-refractivity contribution in [3.05, 3.63) is 29.6 Å². The topological polar surface area (TPSA) is 33.2 Å². The lowest BCUT2D eigenvalue weighted by atomic mass is 10.2. The van der Waals surface area contributed by atoms with Crippen LogP contribution in [0.15, 0.2) is 12.3 Å². The molecule has 0 fully saturated rings. The van der Waals surface area contributed by atoms with Crippen LogP contribution in [0.3, 0.4) is 0 Å². The van der Waals surface area contributed by atoms with E-state index in [1.165, 1.54) is 7.05 Å². The highest BCUT2D eigenvalue weighted by Crippen LogP contribution is 2.10. The molecule has 0 saturated heterocycles. The number of pyridine rings is 1. The molecule has 0 aliphatic heterocycles. The third kappa shape index (κ3) is 2.29. The molecule has 0 N–H and O–H groups in total. The summed E-state index contributed by atoms with van der Waals surface area (Å²) in [6.45, 7) is 0.0300. The molecule has 0 saturated carbocycles. The van der Waals surface area contributed by atoms with Crippen molar-refractivity contribution in [3.63, 3.8) is 0 Å². The van der Waals surface area contributed by atoms with Crippen LogP contribution in [-0.4, -0.2) is 29.4 Å². The van der Waals surface area contributed by atoms with Gasteiger partial charge in [0.15, 0.2) is 5.82 Å². The van der Waals surface area contributed by atoms with Gasteiger partial charge in [-0.1, -0.05) is 5.92 Å². The van der Waals surface area contributed by atoms with Crippen LogP contribution >= 0.6 is 0 Å². The van der Waals surface area contributed by atoms with E-state index in [0.717, 1.165) is 17.2 Å². The maximum atomic E-state index is 13.1. The molecular weight excluding hydrogens is 202 g/mol. The zero-order chi connectivity index (χ0) is 11.4. The molecule has 0 aliphatic rings. The molecule has 15 heavy (non-hydrogen) atoms. The number of carbonyl (C=O) groups is 1. The van der Waals surface area contributed by atoms with E-state index in [2.05, 4.69) is 10.9 Å². The van der Waals surface area contributed by atoms with E-state index < -0.39 is 17.7 Å². The van der Waals surface area contributed by atoms with Gasteiger partial charge in [0.25, 0.3) is 5.91 Å². The van der Waals surface area contributed by atoms with Gasteiger partial charge in [-0.3, -0.25) is 4.79 Å². The minimum Gasteiger partial charge on any atom is -0.330 e. The molecule has 0 aromatic carbocycles. The minimum atomic E-state index is -1.30. The van der Waals surface area contributed by atoms with Gasteiger partial charge in [-0.2, -0.15) is 4.39 Å². The van der Waals surface area contributed by atoms with E-state index in [1.807, 2.05) is 0 Å². The monoisotopic (exact) mass is 210 g/mol. The van der Waals surface area contributed by atoms with Crippen LogP contribution in [0.5, 0.6) is 0 Å². The first-order chi connectivity index (χ1) is 7.07. The Morgan fingerprint density at radius 1 is 1.67 bits per heavy atom. The first-order valence-electron chi connectivity index (χ1n) is 4.07. The van der Waals surface area contributed by atoms with Crippen LogP contribution in [-0.2, 0) is 0 Å². The highest BCUT2D eigenvalue weighted by Gasteiger charge is 2.18. The van der Waals surface area contributed by atoms with E-state index >= 15 is 0 Å². The van der Waals surface area contributed by atoms with Crippen molar-refractivity contribution in [2.45, 2.75) is 0 Å². The van der Waals surface area contributed by atoms with Crippen molar-refractivity contribution < 1.29 is 13.6 Å². The van der Waals surface area contributed by atoms with Crippen LogP contribution in [0.25, 0.3) is 0 Å². The average molecular weight is 210 g/mol. The van der Waals surface area contributed by atoms with Gasteiger partial charge in [0, 0.05) is 13.2 Å². The molecule has 1 rings (SSSR count). The number of amides is 1. The Hall–Kier alpha value is -1.96. The maximum absolute atomic E-state index is 13.1. The maximum Gasteiger partial charge on any atom is 0.257 e. The van der Waals surface area contributed by atoms with E-state index in [9.17, 15) is 13.6 Å². The number of nitrogens with zero attached hydrogens (tertiary/aromatic N) is 2. The second-order valence-electron chi connectivity index (χ2n) is 2.83. The molecule has 0 unspecified atom stereocenters. The fourth-order valence-corrected chi connectivity index (χ4v) is 0.998. The van der Waals surface area contributed by atoms with Gasteiger partial charge in [0.1, 0.15) is 0 Å². The van der Waals surface area contributed by atoms with Crippen molar-refractivity contribution in [1.82, 2.24) is 9.88 Å². The van der Waals surface area contributed by atoms with Crippen LogP contribution in [0.2, 0.25) is 0 Å². The van der Waals surface area contributed by atoms with Crippen LogP contribution in [0, 0.1) is 24.1 Å². The standard InChI is InChI=1S/C10H8F2N2O/c1-3-6-14(2)10(15)7-4-5-13-9(12)8(7)11/h1,4-5H,6H2,2H3. The lowest BCUT2D eigenvalue weighted by Gasteiger charge is -2.13. The molecule has 1 aromatic rings. The first-order valence-corrected chi connectivity index (χ1v) is 4.07. The SMILES string of the molecule is C#CCN(C)C(=O)c1ccnc(F)c1F. The van der Waals surface area contributed by atoms with Crippen molar-refractivity contribution >= 4 is 5.91 Å². The number of carbonyl (C=O) groups excluding carboxylic acids is 1. The molecule has 0 spiro atoms. The van der Waals surface area contributed by atoms with Crippen molar-refractivity contribution in [3.8, 4) is 12.3 Å². The fourth-order valence-electron chi connectivity index (χ4n) is 0.998. The highest BCUT2D eigenvalue weighted by atomic mass is 19.2. The molecule has 0 aliphatic carbocycles.